The van der Waals surface area contributed by atoms with E-state index in [1.165, 1.54) is 0 Å². The van der Waals surface area contributed by atoms with Gasteiger partial charge in [0.25, 0.3) is 5.91 Å². The first kappa shape index (κ1) is 17.8. The number of benzene rings is 1. The molecule has 1 saturated carbocycles. The van der Waals surface area contributed by atoms with Crippen LogP contribution < -0.4 is 10.1 Å². The fourth-order valence-corrected chi connectivity index (χ4v) is 3.36. The van der Waals surface area contributed by atoms with E-state index in [0.717, 1.165) is 54.7 Å². The summed E-state index contributed by atoms with van der Waals surface area (Å²) in [5, 5.41) is 3.05. The number of amides is 1. The van der Waals surface area contributed by atoms with Crippen LogP contribution in [0.1, 0.15) is 57.1 Å². The summed E-state index contributed by atoms with van der Waals surface area (Å²) in [6.07, 6.45) is 4.70. The molecular weight excluding hydrogens is 290 g/mol. The van der Waals surface area contributed by atoms with Gasteiger partial charge in [-0.25, -0.2) is 0 Å². The predicted octanol–water partition coefficient (Wildman–Crippen LogP) is 4.38. The molecule has 0 aromatic heterocycles. The Balaban J connectivity index is 2.14. The van der Waals surface area contributed by atoms with Crippen LogP contribution in [0.2, 0.25) is 0 Å². The van der Waals surface area contributed by atoms with E-state index in [4.69, 9.17) is 9.47 Å². The van der Waals surface area contributed by atoms with E-state index in [-0.39, 0.29) is 5.91 Å². The normalized spacial score (nSPS) is 16.3. The largest absolute Gasteiger partial charge is 0.493 e. The minimum absolute atomic E-state index is 0.0159. The van der Waals surface area contributed by atoms with Crippen LogP contribution in [-0.2, 0) is 9.53 Å². The maximum atomic E-state index is 12.7. The quantitative estimate of drug-likeness (QED) is 0.811. The highest BCUT2D eigenvalue weighted by Gasteiger charge is 2.42. The first-order valence-corrected chi connectivity index (χ1v) is 8.72. The lowest BCUT2D eigenvalue weighted by Gasteiger charge is -2.27. The van der Waals surface area contributed by atoms with Gasteiger partial charge in [-0.1, -0.05) is 6.92 Å². The van der Waals surface area contributed by atoms with Crippen LogP contribution in [0.15, 0.2) is 12.1 Å². The zero-order valence-electron chi connectivity index (χ0n) is 14.8. The molecule has 2 rings (SSSR count). The molecule has 1 aliphatic carbocycles. The Hall–Kier alpha value is -1.55. The molecule has 0 unspecified atom stereocenters. The summed E-state index contributed by atoms with van der Waals surface area (Å²) >= 11 is 0. The monoisotopic (exact) mass is 319 g/mol. The van der Waals surface area contributed by atoms with Crippen LogP contribution in [0.3, 0.4) is 0 Å². The average molecular weight is 319 g/mol. The number of hydrogen-bond acceptors (Lipinski definition) is 3. The van der Waals surface area contributed by atoms with Gasteiger partial charge in [-0.3, -0.25) is 4.79 Å². The Morgan fingerprint density at radius 3 is 2.30 bits per heavy atom. The lowest BCUT2D eigenvalue weighted by Crippen LogP contribution is -2.43. The number of rotatable bonds is 7. The van der Waals surface area contributed by atoms with E-state index in [0.29, 0.717) is 13.2 Å². The average Bonchev–Trinajstić information content (AvgIpc) is 2.97. The zero-order chi connectivity index (χ0) is 16.9. The summed E-state index contributed by atoms with van der Waals surface area (Å²) in [5.41, 5.74) is 2.27. The van der Waals surface area contributed by atoms with Gasteiger partial charge in [-0.05, 0) is 76.1 Å². The van der Waals surface area contributed by atoms with Crippen LogP contribution in [0, 0.1) is 13.8 Å². The Labute approximate surface area is 139 Å². The van der Waals surface area contributed by atoms with Gasteiger partial charge >= 0.3 is 0 Å². The third kappa shape index (κ3) is 4.05. The van der Waals surface area contributed by atoms with Crippen molar-refractivity contribution in [1.82, 2.24) is 0 Å². The molecule has 23 heavy (non-hydrogen) atoms. The van der Waals surface area contributed by atoms with Crippen molar-refractivity contribution in [3.8, 4) is 5.75 Å². The third-order valence-corrected chi connectivity index (χ3v) is 4.41. The number of aryl methyl sites for hydroxylation is 2. The van der Waals surface area contributed by atoms with Gasteiger partial charge in [0.1, 0.15) is 11.4 Å². The first-order valence-electron chi connectivity index (χ1n) is 8.72. The second-order valence-electron chi connectivity index (χ2n) is 6.38. The molecule has 0 bridgehead atoms. The van der Waals surface area contributed by atoms with Crippen molar-refractivity contribution >= 4 is 11.6 Å². The summed E-state index contributed by atoms with van der Waals surface area (Å²) in [6.45, 7) is 9.34. The molecule has 4 heteroatoms. The molecule has 4 nitrogen and oxygen atoms in total. The summed E-state index contributed by atoms with van der Waals surface area (Å²) < 4.78 is 11.6. The summed E-state index contributed by atoms with van der Waals surface area (Å²) in [7, 11) is 0. The van der Waals surface area contributed by atoms with Crippen LogP contribution in [-0.4, -0.2) is 24.7 Å². The Kier molecular flexibility index (Phi) is 6.05. The lowest BCUT2D eigenvalue weighted by molar-refractivity contribution is -0.140. The van der Waals surface area contributed by atoms with E-state index < -0.39 is 5.60 Å². The SMILES string of the molecule is CCCOc1c(C)cc(NC(=O)C2(OCC)CCCC2)cc1C. The maximum absolute atomic E-state index is 12.7. The molecule has 1 aliphatic rings. The summed E-state index contributed by atoms with van der Waals surface area (Å²) in [4.78, 5) is 12.7. The van der Waals surface area contributed by atoms with Gasteiger partial charge in [-0.15, -0.1) is 0 Å². The second kappa shape index (κ2) is 7.82. The van der Waals surface area contributed by atoms with Crippen LogP contribution in [0.5, 0.6) is 5.75 Å². The molecule has 128 valence electrons. The Bertz CT molecular complexity index is 525. The van der Waals surface area contributed by atoms with Crippen LogP contribution in [0.25, 0.3) is 0 Å². The Morgan fingerprint density at radius 2 is 1.78 bits per heavy atom. The smallest absolute Gasteiger partial charge is 0.256 e. The molecule has 1 N–H and O–H groups in total. The van der Waals surface area contributed by atoms with Crippen molar-refractivity contribution in [2.75, 3.05) is 18.5 Å². The molecule has 0 spiro atoms. The molecule has 1 aromatic carbocycles. The molecular formula is C19H29NO3. The number of carbonyl (C=O) groups excluding carboxylic acids is 1. The Morgan fingerprint density at radius 1 is 1.17 bits per heavy atom. The van der Waals surface area contributed by atoms with Crippen molar-refractivity contribution in [3.05, 3.63) is 23.3 Å². The van der Waals surface area contributed by atoms with Crippen molar-refractivity contribution < 1.29 is 14.3 Å². The second-order valence-corrected chi connectivity index (χ2v) is 6.38. The molecule has 0 aliphatic heterocycles. The number of ether oxygens (including phenoxy) is 2. The molecule has 0 atom stereocenters. The number of anilines is 1. The van der Waals surface area contributed by atoms with Gasteiger partial charge in [0.05, 0.1) is 6.61 Å². The highest BCUT2D eigenvalue weighted by atomic mass is 16.5. The van der Waals surface area contributed by atoms with Crippen molar-refractivity contribution in [2.45, 2.75) is 65.4 Å². The van der Waals surface area contributed by atoms with Crippen LogP contribution >= 0.6 is 0 Å². The summed E-state index contributed by atoms with van der Waals surface area (Å²) in [6, 6.07) is 3.95. The maximum Gasteiger partial charge on any atom is 0.256 e. The standard InChI is InChI=1S/C19H29NO3/c1-5-11-22-17-14(3)12-16(13-15(17)4)20-18(21)19(23-6-2)9-7-8-10-19/h12-13H,5-11H2,1-4H3,(H,20,21). The van der Waals surface area contributed by atoms with Gasteiger partial charge < -0.3 is 14.8 Å². The van der Waals surface area contributed by atoms with Crippen molar-refractivity contribution in [2.24, 2.45) is 0 Å². The molecule has 0 saturated heterocycles. The molecule has 0 radical (unpaired) electrons. The lowest BCUT2D eigenvalue weighted by atomic mass is 10.0. The number of hydrogen-bond donors (Lipinski definition) is 1. The van der Waals surface area contributed by atoms with Crippen molar-refractivity contribution in [1.29, 1.82) is 0 Å². The van der Waals surface area contributed by atoms with Gasteiger partial charge in [0.15, 0.2) is 0 Å². The van der Waals surface area contributed by atoms with Crippen molar-refractivity contribution in [3.63, 3.8) is 0 Å². The molecule has 0 heterocycles. The minimum atomic E-state index is -0.645. The number of nitrogens with one attached hydrogen (secondary N) is 1. The fraction of sp³-hybridized carbons (Fsp3) is 0.632. The topological polar surface area (TPSA) is 47.6 Å². The predicted molar refractivity (Wildman–Crippen MR) is 93.2 cm³/mol. The van der Waals surface area contributed by atoms with E-state index >= 15 is 0 Å². The van der Waals surface area contributed by atoms with Crippen LogP contribution in [0.4, 0.5) is 5.69 Å². The molecule has 1 fully saturated rings. The van der Waals surface area contributed by atoms with E-state index in [1.807, 2.05) is 32.9 Å². The minimum Gasteiger partial charge on any atom is -0.493 e. The van der Waals surface area contributed by atoms with E-state index in [2.05, 4.69) is 12.2 Å². The highest BCUT2D eigenvalue weighted by molar-refractivity contribution is 5.97. The third-order valence-electron chi connectivity index (χ3n) is 4.41. The van der Waals surface area contributed by atoms with E-state index in [1.54, 1.807) is 0 Å². The summed E-state index contributed by atoms with van der Waals surface area (Å²) in [5.74, 6) is 0.906. The molecule has 1 aromatic rings. The first-order chi connectivity index (χ1) is 11.0. The van der Waals surface area contributed by atoms with Gasteiger partial charge in [-0.2, -0.15) is 0 Å². The van der Waals surface area contributed by atoms with Gasteiger partial charge in [0.2, 0.25) is 0 Å². The molecule has 1 amide bonds. The highest BCUT2D eigenvalue weighted by Crippen LogP contribution is 2.35. The number of carbonyl (C=O) groups is 1. The fourth-order valence-electron chi connectivity index (χ4n) is 3.36. The van der Waals surface area contributed by atoms with Gasteiger partial charge in [0, 0.05) is 12.3 Å². The zero-order valence-corrected chi connectivity index (χ0v) is 14.8. The van der Waals surface area contributed by atoms with E-state index in [9.17, 15) is 4.79 Å².